The zero-order valence-electron chi connectivity index (χ0n) is 15.9. The van der Waals surface area contributed by atoms with Crippen LogP contribution < -0.4 is 15.4 Å². The Kier molecular flexibility index (Phi) is 6.03. The van der Waals surface area contributed by atoms with Gasteiger partial charge in [-0.2, -0.15) is 13.2 Å². The van der Waals surface area contributed by atoms with E-state index in [0.717, 1.165) is 24.3 Å². The lowest BCUT2D eigenvalue weighted by Gasteiger charge is -2.45. The Hall–Kier alpha value is -3.40. The third kappa shape index (κ3) is 4.38. The summed E-state index contributed by atoms with van der Waals surface area (Å²) in [6.45, 7) is 3.70. The first-order valence-electron chi connectivity index (χ1n) is 9.08. The maximum absolute atomic E-state index is 13.8. The molecule has 0 aliphatic carbocycles. The van der Waals surface area contributed by atoms with E-state index in [9.17, 15) is 32.3 Å². The number of halogens is 4. The molecule has 3 rings (SSSR count). The van der Waals surface area contributed by atoms with Crippen molar-refractivity contribution in [1.82, 2.24) is 10.6 Å². The standard InChI is InChI=1S/C21H18F4N2O4/c1-2-11-31-15-9-5-12(6-10-15)17-16(18(28)13-3-7-14(22)8-4-13)20(30,21(23,24)25)27-19(29)26-17/h2-10,16-17,30H,1,11H2,(H2,26,27,29)/t16-,17-,20+/m1/s1. The number of carbonyl (C=O) groups excluding carboxylic acids is 2. The molecular weight excluding hydrogens is 420 g/mol. The lowest BCUT2D eigenvalue weighted by Crippen LogP contribution is -2.72. The Labute approximate surface area is 174 Å². The largest absolute Gasteiger partial charge is 0.490 e. The molecule has 0 radical (unpaired) electrons. The van der Waals surface area contributed by atoms with E-state index >= 15 is 0 Å². The number of hydrogen-bond donors (Lipinski definition) is 3. The molecule has 6 nitrogen and oxygen atoms in total. The maximum Gasteiger partial charge on any atom is 0.437 e. The molecule has 1 aliphatic heterocycles. The van der Waals surface area contributed by atoms with Gasteiger partial charge in [-0.1, -0.05) is 24.8 Å². The number of ketones is 1. The van der Waals surface area contributed by atoms with Gasteiger partial charge in [0.1, 0.15) is 24.1 Å². The topological polar surface area (TPSA) is 87.7 Å². The molecule has 3 atom stereocenters. The van der Waals surface area contributed by atoms with Crippen molar-refractivity contribution in [3.63, 3.8) is 0 Å². The number of ether oxygens (including phenoxy) is 1. The molecule has 2 aromatic rings. The van der Waals surface area contributed by atoms with E-state index in [0.29, 0.717) is 5.75 Å². The minimum absolute atomic E-state index is 0.129. The predicted octanol–water partition coefficient (Wildman–Crippen LogP) is 3.49. The zero-order valence-corrected chi connectivity index (χ0v) is 15.9. The summed E-state index contributed by atoms with van der Waals surface area (Å²) in [6, 6.07) is 6.63. The van der Waals surface area contributed by atoms with Crippen molar-refractivity contribution >= 4 is 11.8 Å². The van der Waals surface area contributed by atoms with Gasteiger partial charge in [0, 0.05) is 5.56 Å². The fourth-order valence-corrected chi connectivity index (χ4v) is 3.34. The summed E-state index contributed by atoms with van der Waals surface area (Å²) in [5.74, 6) is -3.64. The fraction of sp³-hybridized carbons (Fsp3) is 0.238. The molecule has 0 saturated carbocycles. The third-order valence-corrected chi connectivity index (χ3v) is 4.82. The van der Waals surface area contributed by atoms with Gasteiger partial charge in [0.2, 0.25) is 5.72 Å². The van der Waals surface area contributed by atoms with Gasteiger partial charge in [-0.25, -0.2) is 9.18 Å². The number of nitrogens with one attached hydrogen (secondary N) is 2. The van der Waals surface area contributed by atoms with Crippen molar-refractivity contribution in [2.75, 3.05) is 6.61 Å². The molecule has 0 bridgehead atoms. The van der Waals surface area contributed by atoms with Crippen molar-refractivity contribution < 1.29 is 37.0 Å². The van der Waals surface area contributed by atoms with Crippen LogP contribution in [0.2, 0.25) is 0 Å². The minimum Gasteiger partial charge on any atom is -0.490 e. The first-order chi connectivity index (χ1) is 14.6. The molecule has 2 amide bonds. The van der Waals surface area contributed by atoms with Crippen LogP contribution in [0, 0.1) is 11.7 Å². The quantitative estimate of drug-likeness (QED) is 0.366. The van der Waals surface area contributed by atoms with Crippen molar-refractivity contribution in [1.29, 1.82) is 0 Å². The molecule has 10 heteroatoms. The third-order valence-electron chi connectivity index (χ3n) is 4.82. The average molecular weight is 438 g/mol. The number of urea groups is 1. The maximum atomic E-state index is 13.8. The Bertz CT molecular complexity index is 976. The minimum atomic E-state index is -5.38. The van der Waals surface area contributed by atoms with E-state index in [2.05, 4.69) is 11.9 Å². The van der Waals surface area contributed by atoms with Gasteiger partial charge in [-0.3, -0.25) is 4.79 Å². The molecule has 164 valence electrons. The Morgan fingerprint density at radius 1 is 1.16 bits per heavy atom. The molecule has 1 fully saturated rings. The summed E-state index contributed by atoms with van der Waals surface area (Å²) in [5.41, 5.74) is -3.99. The van der Waals surface area contributed by atoms with Gasteiger partial charge in [0.15, 0.2) is 5.78 Å². The van der Waals surface area contributed by atoms with Gasteiger partial charge in [-0.15, -0.1) is 0 Å². The van der Waals surface area contributed by atoms with Crippen LogP contribution in [-0.2, 0) is 0 Å². The van der Waals surface area contributed by atoms with E-state index < -0.39 is 41.5 Å². The van der Waals surface area contributed by atoms with E-state index in [-0.39, 0.29) is 17.7 Å². The van der Waals surface area contributed by atoms with Gasteiger partial charge < -0.3 is 20.5 Å². The SMILES string of the molecule is C=CCOc1ccc([C@H]2NC(=O)N[C@@](O)(C(F)(F)F)[C@H]2C(=O)c2ccc(F)cc2)cc1. The highest BCUT2D eigenvalue weighted by molar-refractivity contribution is 6.00. The Morgan fingerprint density at radius 3 is 2.32 bits per heavy atom. The number of Topliss-reactive ketones (excluding diaryl/α,β-unsaturated/α-hetero) is 1. The number of alkyl halides is 3. The highest BCUT2D eigenvalue weighted by atomic mass is 19.4. The average Bonchev–Trinajstić information content (AvgIpc) is 2.71. The van der Waals surface area contributed by atoms with Crippen molar-refractivity contribution in [3.8, 4) is 5.75 Å². The summed E-state index contributed by atoms with van der Waals surface area (Å²) >= 11 is 0. The summed E-state index contributed by atoms with van der Waals surface area (Å²) in [5, 5.41) is 14.2. The molecule has 2 aromatic carbocycles. The van der Waals surface area contributed by atoms with Crippen LogP contribution in [0.1, 0.15) is 22.0 Å². The van der Waals surface area contributed by atoms with Crippen LogP contribution in [-0.4, -0.2) is 35.4 Å². The van der Waals surface area contributed by atoms with Crippen molar-refractivity contribution in [2.24, 2.45) is 5.92 Å². The van der Waals surface area contributed by atoms with Gasteiger partial charge in [0.25, 0.3) is 0 Å². The second-order valence-electron chi connectivity index (χ2n) is 6.86. The van der Waals surface area contributed by atoms with E-state index in [1.54, 1.807) is 0 Å². The van der Waals surface area contributed by atoms with Crippen LogP contribution in [0.4, 0.5) is 22.4 Å². The van der Waals surface area contributed by atoms with Crippen LogP contribution in [0.5, 0.6) is 5.75 Å². The normalized spacial score (nSPS) is 23.5. The highest BCUT2D eigenvalue weighted by Gasteiger charge is 2.66. The number of amides is 2. The molecule has 0 unspecified atom stereocenters. The number of aliphatic hydroxyl groups is 1. The zero-order chi connectivity index (χ0) is 22.8. The predicted molar refractivity (Wildman–Crippen MR) is 102 cm³/mol. The monoisotopic (exact) mass is 438 g/mol. The number of carbonyl (C=O) groups is 2. The molecule has 0 spiro atoms. The summed E-state index contributed by atoms with van der Waals surface area (Å²) < 4.78 is 60.1. The second kappa shape index (κ2) is 8.38. The molecule has 1 saturated heterocycles. The van der Waals surface area contributed by atoms with Gasteiger partial charge >= 0.3 is 12.2 Å². The lowest BCUT2D eigenvalue weighted by molar-refractivity contribution is -0.287. The van der Waals surface area contributed by atoms with Crippen molar-refractivity contribution in [3.05, 3.63) is 78.1 Å². The molecule has 0 aromatic heterocycles. The van der Waals surface area contributed by atoms with E-state index in [1.165, 1.54) is 35.7 Å². The molecule has 3 N–H and O–H groups in total. The highest BCUT2D eigenvalue weighted by Crippen LogP contribution is 2.44. The molecule has 1 heterocycles. The summed E-state index contributed by atoms with van der Waals surface area (Å²) in [6.07, 6.45) is -3.88. The van der Waals surface area contributed by atoms with Crippen LogP contribution in [0.3, 0.4) is 0 Å². The van der Waals surface area contributed by atoms with E-state index in [4.69, 9.17) is 4.74 Å². The number of rotatable bonds is 6. The first kappa shape index (κ1) is 22.3. The number of benzene rings is 2. The summed E-state index contributed by atoms with van der Waals surface area (Å²) in [4.78, 5) is 25.1. The molecular formula is C21H18F4N2O4. The lowest BCUT2D eigenvalue weighted by atomic mass is 9.77. The Balaban J connectivity index is 2.07. The van der Waals surface area contributed by atoms with E-state index in [1.807, 2.05) is 0 Å². The van der Waals surface area contributed by atoms with Crippen LogP contribution in [0.25, 0.3) is 0 Å². The molecule has 1 aliphatic rings. The van der Waals surface area contributed by atoms with Gasteiger partial charge in [0.05, 0.1) is 6.04 Å². The van der Waals surface area contributed by atoms with Crippen LogP contribution in [0.15, 0.2) is 61.2 Å². The van der Waals surface area contributed by atoms with Crippen molar-refractivity contribution in [2.45, 2.75) is 17.9 Å². The fourth-order valence-electron chi connectivity index (χ4n) is 3.34. The Morgan fingerprint density at radius 2 is 1.77 bits per heavy atom. The second-order valence-corrected chi connectivity index (χ2v) is 6.86. The first-order valence-corrected chi connectivity index (χ1v) is 9.08. The smallest absolute Gasteiger partial charge is 0.437 e. The molecule has 31 heavy (non-hydrogen) atoms. The van der Waals surface area contributed by atoms with Gasteiger partial charge in [-0.05, 0) is 42.0 Å². The summed E-state index contributed by atoms with van der Waals surface area (Å²) in [7, 11) is 0. The number of hydrogen-bond acceptors (Lipinski definition) is 4. The van der Waals surface area contributed by atoms with Crippen LogP contribution >= 0.6 is 0 Å².